The van der Waals surface area contributed by atoms with Gasteiger partial charge in [-0.3, -0.25) is 4.79 Å². The lowest BCUT2D eigenvalue weighted by atomic mass is 10.2. The summed E-state index contributed by atoms with van der Waals surface area (Å²) in [6.45, 7) is 5.76. The van der Waals surface area contributed by atoms with Gasteiger partial charge in [0.05, 0.1) is 4.90 Å². The molecule has 0 unspecified atom stereocenters. The van der Waals surface area contributed by atoms with Gasteiger partial charge in [-0.25, -0.2) is 8.42 Å². The highest BCUT2D eigenvalue weighted by molar-refractivity contribution is 7.89. The second-order valence-corrected chi connectivity index (χ2v) is 8.30. The molecule has 1 amide bonds. The van der Waals surface area contributed by atoms with E-state index in [9.17, 15) is 13.2 Å². The summed E-state index contributed by atoms with van der Waals surface area (Å²) in [7, 11) is -3.45. The van der Waals surface area contributed by atoms with Gasteiger partial charge in [-0.05, 0) is 31.4 Å². The molecule has 0 spiro atoms. The monoisotopic (exact) mass is 322 g/mol. The molecule has 0 aromatic heterocycles. The fourth-order valence-corrected chi connectivity index (χ4v) is 4.33. The molecule has 5 nitrogen and oxygen atoms in total. The molecule has 120 valence electrons. The van der Waals surface area contributed by atoms with Crippen molar-refractivity contribution in [3.05, 3.63) is 29.8 Å². The van der Waals surface area contributed by atoms with Crippen molar-refractivity contribution < 1.29 is 13.2 Å². The maximum atomic E-state index is 12.6. The topological polar surface area (TPSA) is 57.7 Å². The summed E-state index contributed by atoms with van der Waals surface area (Å²) in [6.07, 6.45) is 0.973. The van der Waals surface area contributed by atoms with Gasteiger partial charge in [0, 0.05) is 32.1 Å². The van der Waals surface area contributed by atoms with Gasteiger partial charge in [-0.1, -0.05) is 24.6 Å². The number of rotatable bonds is 3. The van der Waals surface area contributed by atoms with Crippen molar-refractivity contribution in [2.24, 2.45) is 11.8 Å². The Kier molecular flexibility index (Phi) is 3.99. The molecule has 1 aromatic carbocycles. The Morgan fingerprint density at radius 1 is 1.09 bits per heavy atom. The van der Waals surface area contributed by atoms with E-state index >= 15 is 0 Å². The molecule has 22 heavy (non-hydrogen) atoms. The van der Waals surface area contributed by atoms with Crippen LogP contribution in [0.2, 0.25) is 0 Å². The number of amides is 1. The standard InChI is InChI=1S/C16H22N2O3S/c1-12-3-5-14(6-4-12)22(20,21)18-9-7-17(8-10-18)16(19)15-11-13(15)2/h3-6,13,15H,7-11H2,1-2H3/t13-,15+/m1/s1. The average Bonchev–Trinajstić information content (AvgIpc) is 3.24. The van der Waals surface area contributed by atoms with Crippen LogP contribution in [0, 0.1) is 18.8 Å². The van der Waals surface area contributed by atoms with E-state index in [2.05, 4.69) is 6.92 Å². The number of benzene rings is 1. The van der Waals surface area contributed by atoms with E-state index in [0.717, 1.165) is 12.0 Å². The summed E-state index contributed by atoms with van der Waals surface area (Å²) in [5, 5.41) is 0. The second-order valence-electron chi connectivity index (χ2n) is 6.36. The van der Waals surface area contributed by atoms with E-state index in [0.29, 0.717) is 37.0 Å². The molecular formula is C16H22N2O3S. The van der Waals surface area contributed by atoms with Crippen molar-refractivity contribution in [2.75, 3.05) is 26.2 Å². The normalized spacial score (nSPS) is 26.0. The summed E-state index contributed by atoms with van der Waals surface area (Å²) in [5.74, 6) is 0.849. The molecule has 1 aliphatic carbocycles. The van der Waals surface area contributed by atoms with E-state index in [1.54, 1.807) is 24.3 Å². The molecule has 1 aliphatic heterocycles. The summed E-state index contributed by atoms with van der Waals surface area (Å²) in [5.41, 5.74) is 1.04. The molecule has 1 aromatic rings. The fraction of sp³-hybridized carbons (Fsp3) is 0.562. The zero-order valence-corrected chi connectivity index (χ0v) is 13.8. The number of nitrogens with zero attached hydrogens (tertiary/aromatic N) is 2. The molecule has 0 radical (unpaired) electrons. The maximum absolute atomic E-state index is 12.6. The largest absolute Gasteiger partial charge is 0.340 e. The summed E-state index contributed by atoms with van der Waals surface area (Å²) in [6, 6.07) is 6.91. The van der Waals surface area contributed by atoms with Crippen molar-refractivity contribution >= 4 is 15.9 Å². The van der Waals surface area contributed by atoms with E-state index in [-0.39, 0.29) is 11.8 Å². The number of aryl methyl sites for hydroxylation is 1. The van der Waals surface area contributed by atoms with Crippen molar-refractivity contribution in [1.82, 2.24) is 9.21 Å². The fourth-order valence-electron chi connectivity index (χ4n) is 2.91. The molecule has 0 N–H and O–H groups in total. The van der Waals surface area contributed by atoms with Crippen LogP contribution in [0.3, 0.4) is 0 Å². The molecular weight excluding hydrogens is 300 g/mol. The lowest BCUT2D eigenvalue weighted by Crippen LogP contribution is -2.51. The molecule has 6 heteroatoms. The average molecular weight is 322 g/mol. The SMILES string of the molecule is Cc1ccc(S(=O)(=O)N2CCN(C(=O)[C@H]3C[C@H]3C)CC2)cc1. The van der Waals surface area contributed by atoms with Gasteiger partial charge in [0.15, 0.2) is 0 Å². The van der Waals surface area contributed by atoms with Crippen LogP contribution in [0.5, 0.6) is 0 Å². The van der Waals surface area contributed by atoms with Crippen LogP contribution < -0.4 is 0 Å². The van der Waals surface area contributed by atoms with Crippen molar-refractivity contribution in [2.45, 2.75) is 25.2 Å². The van der Waals surface area contributed by atoms with Gasteiger partial charge in [0.25, 0.3) is 0 Å². The minimum Gasteiger partial charge on any atom is -0.340 e. The Labute approximate surface area is 132 Å². The van der Waals surface area contributed by atoms with Crippen LogP contribution >= 0.6 is 0 Å². The molecule has 1 heterocycles. The third-order valence-corrected chi connectivity index (χ3v) is 6.55. The Morgan fingerprint density at radius 2 is 1.64 bits per heavy atom. The molecule has 0 bridgehead atoms. The molecule has 2 atom stereocenters. The van der Waals surface area contributed by atoms with Gasteiger partial charge in [0.1, 0.15) is 0 Å². The Bertz CT molecular complexity index is 661. The minimum atomic E-state index is -3.45. The number of carbonyl (C=O) groups excluding carboxylic acids is 1. The van der Waals surface area contributed by atoms with Crippen LogP contribution in [0.25, 0.3) is 0 Å². The summed E-state index contributed by atoms with van der Waals surface area (Å²) in [4.78, 5) is 14.3. The minimum absolute atomic E-state index is 0.167. The third kappa shape index (κ3) is 2.90. The van der Waals surface area contributed by atoms with Crippen LogP contribution in [0.1, 0.15) is 18.9 Å². The summed E-state index contributed by atoms with van der Waals surface area (Å²) >= 11 is 0. The van der Waals surface area contributed by atoms with E-state index in [1.807, 2.05) is 11.8 Å². The van der Waals surface area contributed by atoms with Crippen LogP contribution in [0.15, 0.2) is 29.2 Å². The van der Waals surface area contributed by atoms with Crippen LogP contribution in [-0.2, 0) is 14.8 Å². The van der Waals surface area contributed by atoms with E-state index < -0.39 is 10.0 Å². The molecule has 3 rings (SSSR count). The Balaban J connectivity index is 1.65. The smallest absolute Gasteiger partial charge is 0.243 e. The molecule has 1 saturated carbocycles. The number of hydrogen-bond donors (Lipinski definition) is 0. The predicted octanol–water partition coefficient (Wildman–Crippen LogP) is 1.48. The van der Waals surface area contributed by atoms with Crippen LogP contribution in [0.4, 0.5) is 0 Å². The first-order valence-electron chi connectivity index (χ1n) is 7.75. The van der Waals surface area contributed by atoms with Gasteiger partial charge >= 0.3 is 0 Å². The van der Waals surface area contributed by atoms with Crippen molar-refractivity contribution in [1.29, 1.82) is 0 Å². The van der Waals surface area contributed by atoms with Gasteiger partial charge in [-0.15, -0.1) is 0 Å². The maximum Gasteiger partial charge on any atom is 0.243 e. The predicted molar refractivity (Wildman–Crippen MR) is 83.8 cm³/mol. The number of sulfonamides is 1. The quantitative estimate of drug-likeness (QED) is 0.847. The lowest BCUT2D eigenvalue weighted by Gasteiger charge is -2.34. The van der Waals surface area contributed by atoms with Gasteiger partial charge < -0.3 is 4.90 Å². The Hall–Kier alpha value is -1.40. The van der Waals surface area contributed by atoms with Crippen LogP contribution in [-0.4, -0.2) is 49.7 Å². The Morgan fingerprint density at radius 3 is 2.14 bits per heavy atom. The third-order valence-electron chi connectivity index (χ3n) is 4.64. The second kappa shape index (κ2) is 5.66. The first-order chi connectivity index (χ1) is 10.4. The van der Waals surface area contributed by atoms with Gasteiger partial charge in [0.2, 0.25) is 15.9 Å². The molecule has 1 saturated heterocycles. The zero-order valence-electron chi connectivity index (χ0n) is 13.0. The summed E-state index contributed by atoms with van der Waals surface area (Å²) < 4.78 is 26.7. The highest BCUT2D eigenvalue weighted by Crippen LogP contribution is 2.39. The highest BCUT2D eigenvalue weighted by Gasteiger charge is 2.42. The zero-order chi connectivity index (χ0) is 15.9. The number of carbonyl (C=O) groups is 1. The number of piperazine rings is 1. The van der Waals surface area contributed by atoms with E-state index in [1.165, 1.54) is 4.31 Å². The van der Waals surface area contributed by atoms with Gasteiger partial charge in [-0.2, -0.15) is 4.31 Å². The molecule has 2 aliphatic rings. The number of hydrogen-bond acceptors (Lipinski definition) is 3. The van der Waals surface area contributed by atoms with Crippen molar-refractivity contribution in [3.8, 4) is 0 Å². The first kappa shape index (κ1) is 15.5. The van der Waals surface area contributed by atoms with E-state index in [4.69, 9.17) is 0 Å². The lowest BCUT2D eigenvalue weighted by molar-refractivity contribution is -0.134. The first-order valence-corrected chi connectivity index (χ1v) is 9.19. The highest BCUT2D eigenvalue weighted by atomic mass is 32.2. The van der Waals surface area contributed by atoms with Crippen molar-refractivity contribution in [3.63, 3.8) is 0 Å². The molecule has 2 fully saturated rings.